The molecule has 0 spiro atoms. The second kappa shape index (κ2) is 8.90. The van der Waals surface area contributed by atoms with E-state index in [4.69, 9.17) is 4.74 Å². The third kappa shape index (κ3) is 5.78. The summed E-state index contributed by atoms with van der Waals surface area (Å²) in [6, 6.07) is 1.16. The van der Waals surface area contributed by atoms with Crippen LogP contribution in [0.3, 0.4) is 0 Å². The topological polar surface area (TPSA) is 27.7 Å². The fourth-order valence-electron chi connectivity index (χ4n) is 2.85. The Balaban J connectivity index is 2.42. The highest BCUT2D eigenvalue weighted by atomic mass is 16.5. The highest BCUT2D eigenvalue weighted by Crippen LogP contribution is 2.12. The lowest BCUT2D eigenvalue weighted by Gasteiger charge is -2.43. The van der Waals surface area contributed by atoms with Crippen molar-refractivity contribution in [1.29, 1.82) is 0 Å². The second-order valence-corrected chi connectivity index (χ2v) is 6.13. The second-order valence-electron chi connectivity index (χ2n) is 6.13. The van der Waals surface area contributed by atoms with Crippen LogP contribution < -0.4 is 5.32 Å². The number of piperazine rings is 1. The normalized spacial score (nSPS) is 24.0. The molecule has 0 amide bonds. The van der Waals surface area contributed by atoms with Crippen LogP contribution in [0.1, 0.15) is 27.7 Å². The molecule has 1 N–H and O–H groups in total. The number of methoxy groups -OCH3 is 1. The maximum Gasteiger partial charge on any atom is 0.0630 e. The number of nitrogens with zero attached hydrogens (tertiary/aromatic N) is 2. The zero-order chi connectivity index (χ0) is 14.3. The monoisotopic (exact) mass is 271 g/mol. The summed E-state index contributed by atoms with van der Waals surface area (Å²) in [5.41, 5.74) is 0. The van der Waals surface area contributed by atoms with Crippen molar-refractivity contribution < 1.29 is 4.74 Å². The summed E-state index contributed by atoms with van der Waals surface area (Å²) >= 11 is 0. The van der Waals surface area contributed by atoms with Crippen molar-refractivity contribution in [2.75, 3.05) is 53.0 Å². The number of rotatable bonds is 8. The van der Waals surface area contributed by atoms with Crippen LogP contribution in [0.25, 0.3) is 0 Å². The highest BCUT2D eigenvalue weighted by Gasteiger charge is 2.27. The van der Waals surface area contributed by atoms with E-state index in [1.165, 1.54) is 6.54 Å². The van der Waals surface area contributed by atoms with Crippen LogP contribution in [-0.2, 0) is 4.74 Å². The molecular weight excluding hydrogens is 238 g/mol. The van der Waals surface area contributed by atoms with Crippen molar-refractivity contribution in [3.8, 4) is 0 Å². The Morgan fingerprint density at radius 2 is 2.00 bits per heavy atom. The average molecular weight is 271 g/mol. The molecular formula is C15H33N3O. The van der Waals surface area contributed by atoms with Crippen molar-refractivity contribution in [2.45, 2.75) is 39.8 Å². The first kappa shape index (κ1) is 16.9. The van der Waals surface area contributed by atoms with E-state index in [0.29, 0.717) is 18.0 Å². The molecule has 114 valence electrons. The third-order valence-electron chi connectivity index (χ3n) is 4.01. The molecule has 1 aliphatic rings. The van der Waals surface area contributed by atoms with Gasteiger partial charge in [0.05, 0.1) is 6.61 Å². The standard InChI is InChI=1S/C15H33N3O/c1-6-17-7-8-18(11-14(17)4)15(12-19-5)10-16-9-13(2)3/h13-16H,6-12H2,1-5H3. The number of nitrogens with one attached hydrogen (secondary N) is 1. The Morgan fingerprint density at radius 3 is 2.53 bits per heavy atom. The molecule has 0 aromatic carbocycles. The molecule has 2 unspecified atom stereocenters. The van der Waals surface area contributed by atoms with Crippen LogP contribution in [0, 0.1) is 5.92 Å². The summed E-state index contributed by atoms with van der Waals surface area (Å²) in [4.78, 5) is 5.15. The van der Waals surface area contributed by atoms with E-state index < -0.39 is 0 Å². The molecule has 1 fully saturated rings. The first-order valence-electron chi connectivity index (χ1n) is 7.76. The summed E-state index contributed by atoms with van der Waals surface area (Å²) in [6.45, 7) is 16.7. The van der Waals surface area contributed by atoms with Gasteiger partial charge in [-0.15, -0.1) is 0 Å². The summed E-state index contributed by atoms with van der Waals surface area (Å²) in [5.74, 6) is 0.707. The number of hydrogen-bond acceptors (Lipinski definition) is 4. The fraction of sp³-hybridized carbons (Fsp3) is 1.00. The zero-order valence-corrected chi connectivity index (χ0v) is 13.5. The summed E-state index contributed by atoms with van der Waals surface area (Å²) in [5, 5.41) is 3.57. The van der Waals surface area contributed by atoms with E-state index in [0.717, 1.165) is 39.3 Å². The number of likely N-dealkylation sites (N-methyl/N-ethyl adjacent to an activating group) is 1. The molecule has 0 aromatic heterocycles. The first-order chi connectivity index (χ1) is 9.08. The van der Waals surface area contributed by atoms with Crippen LogP contribution in [0.4, 0.5) is 0 Å². The highest BCUT2D eigenvalue weighted by molar-refractivity contribution is 4.84. The van der Waals surface area contributed by atoms with Gasteiger partial charge in [0.25, 0.3) is 0 Å². The predicted molar refractivity (Wildman–Crippen MR) is 81.7 cm³/mol. The van der Waals surface area contributed by atoms with Crippen LogP contribution in [0.2, 0.25) is 0 Å². The van der Waals surface area contributed by atoms with E-state index in [9.17, 15) is 0 Å². The lowest BCUT2D eigenvalue weighted by Crippen LogP contribution is -2.57. The summed E-state index contributed by atoms with van der Waals surface area (Å²) < 4.78 is 5.41. The Bertz CT molecular complexity index is 235. The minimum absolute atomic E-state index is 0.505. The lowest BCUT2D eigenvalue weighted by molar-refractivity contribution is 0.0265. The Labute approximate surface area is 119 Å². The molecule has 1 heterocycles. The van der Waals surface area contributed by atoms with Crippen molar-refractivity contribution in [1.82, 2.24) is 15.1 Å². The number of ether oxygens (including phenoxy) is 1. The van der Waals surface area contributed by atoms with E-state index >= 15 is 0 Å². The van der Waals surface area contributed by atoms with Crippen LogP contribution in [-0.4, -0.2) is 74.9 Å². The van der Waals surface area contributed by atoms with Crippen LogP contribution >= 0.6 is 0 Å². The maximum absolute atomic E-state index is 5.41. The molecule has 0 radical (unpaired) electrons. The van der Waals surface area contributed by atoms with Gasteiger partial charge in [-0.25, -0.2) is 0 Å². The van der Waals surface area contributed by atoms with Gasteiger partial charge >= 0.3 is 0 Å². The first-order valence-corrected chi connectivity index (χ1v) is 7.76. The van der Waals surface area contributed by atoms with Gasteiger partial charge in [0.1, 0.15) is 0 Å². The molecule has 0 aromatic rings. The van der Waals surface area contributed by atoms with E-state index in [2.05, 4.69) is 42.8 Å². The smallest absolute Gasteiger partial charge is 0.0630 e. The third-order valence-corrected chi connectivity index (χ3v) is 4.01. The summed E-state index contributed by atoms with van der Waals surface area (Å²) in [6.07, 6.45) is 0. The van der Waals surface area contributed by atoms with Gasteiger partial charge in [-0.2, -0.15) is 0 Å². The van der Waals surface area contributed by atoms with Crippen LogP contribution in [0.5, 0.6) is 0 Å². The molecule has 4 nitrogen and oxygen atoms in total. The molecule has 0 saturated carbocycles. The minimum atomic E-state index is 0.505. The van der Waals surface area contributed by atoms with Crippen molar-refractivity contribution in [2.24, 2.45) is 5.92 Å². The van der Waals surface area contributed by atoms with E-state index in [1.807, 2.05) is 0 Å². The molecule has 0 bridgehead atoms. The molecule has 1 aliphatic heterocycles. The maximum atomic E-state index is 5.41. The SMILES string of the molecule is CCN1CCN(C(CNCC(C)C)COC)CC1C. The molecule has 19 heavy (non-hydrogen) atoms. The average Bonchev–Trinajstić information content (AvgIpc) is 2.37. The predicted octanol–water partition coefficient (Wildman–Crippen LogP) is 1.27. The van der Waals surface area contributed by atoms with Gasteiger partial charge in [0, 0.05) is 45.4 Å². The molecule has 1 rings (SSSR count). The molecule has 4 heteroatoms. The van der Waals surface area contributed by atoms with E-state index in [-0.39, 0.29) is 0 Å². The van der Waals surface area contributed by atoms with Gasteiger partial charge in [-0.05, 0) is 25.9 Å². The van der Waals surface area contributed by atoms with Gasteiger partial charge < -0.3 is 10.1 Å². The molecule has 1 saturated heterocycles. The van der Waals surface area contributed by atoms with Gasteiger partial charge in [0.15, 0.2) is 0 Å². The van der Waals surface area contributed by atoms with Gasteiger partial charge in [-0.3, -0.25) is 9.80 Å². The van der Waals surface area contributed by atoms with E-state index in [1.54, 1.807) is 7.11 Å². The molecule has 2 atom stereocenters. The van der Waals surface area contributed by atoms with Crippen LogP contribution in [0.15, 0.2) is 0 Å². The fourth-order valence-corrected chi connectivity index (χ4v) is 2.85. The minimum Gasteiger partial charge on any atom is -0.383 e. The van der Waals surface area contributed by atoms with Gasteiger partial charge in [0.2, 0.25) is 0 Å². The van der Waals surface area contributed by atoms with Crippen molar-refractivity contribution >= 4 is 0 Å². The Kier molecular flexibility index (Phi) is 7.91. The van der Waals surface area contributed by atoms with Crippen molar-refractivity contribution in [3.05, 3.63) is 0 Å². The Morgan fingerprint density at radius 1 is 1.26 bits per heavy atom. The quantitative estimate of drug-likeness (QED) is 0.719. The lowest BCUT2D eigenvalue weighted by atomic mass is 10.1. The zero-order valence-electron chi connectivity index (χ0n) is 13.5. The number of hydrogen-bond donors (Lipinski definition) is 1. The molecule has 0 aliphatic carbocycles. The largest absolute Gasteiger partial charge is 0.383 e. The van der Waals surface area contributed by atoms with Gasteiger partial charge in [-0.1, -0.05) is 20.8 Å². The van der Waals surface area contributed by atoms with Crippen molar-refractivity contribution in [3.63, 3.8) is 0 Å². The Hall–Kier alpha value is -0.160. The summed E-state index contributed by atoms with van der Waals surface area (Å²) in [7, 11) is 1.81.